The van der Waals surface area contributed by atoms with Gasteiger partial charge in [-0.25, -0.2) is 9.37 Å². The maximum absolute atomic E-state index is 13.3. The van der Waals surface area contributed by atoms with E-state index in [0.717, 1.165) is 24.2 Å². The van der Waals surface area contributed by atoms with Crippen molar-refractivity contribution in [3.8, 4) is 11.3 Å². The topological polar surface area (TPSA) is 43.8 Å². The maximum Gasteiger partial charge on any atom is 0.141 e. The van der Waals surface area contributed by atoms with Gasteiger partial charge >= 0.3 is 0 Å². The average Bonchev–Trinajstić information content (AvgIpc) is 2.70. The van der Waals surface area contributed by atoms with Crippen molar-refractivity contribution in [1.29, 1.82) is 0 Å². The van der Waals surface area contributed by atoms with Crippen molar-refractivity contribution in [1.82, 2.24) is 9.55 Å². The summed E-state index contributed by atoms with van der Waals surface area (Å²) < 4.78 is 15.4. The molecule has 3 rings (SSSR count). The van der Waals surface area contributed by atoms with Gasteiger partial charge in [-0.1, -0.05) is 18.5 Å². The lowest BCUT2D eigenvalue weighted by molar-refractivity contribution is 0.346. The molecule has 3 nitrogen and oxygen atoms in total. The zero-order chi connectivity index (χ0) is 14.4. The van der Waals surface area contributed by atoms with E-state index in [0.29, 0.717) is 23.5 Å². The van der Waals surface area contributed by atoms with Crippen LogP contribution in [0.1, 0.15) is 32.1 Å². The van der Waals surface area contributed by atoms with Crippen molar-refractivity contribution in [2.24, 2.45) is 5.92 Å². The summed E-state index contributed by atoms with van der Waals surface area (Å²) in [5, 5.41) is 0.0919. The third-order valence-electron chi connectivity index (χ3n) is 3.93. The summed E-state index contributed by atoms with van der Waals surface area (Å²) in [5.74, 6) is 1.81. The van der Waals surface area contributed by atoms with E-state index >= 15 is 0 Å². The molecule has 5 heteroatoms. The van der Waals surface area contributed by atoms with Crippen LogP contribution in [0, 0.1) is 11.7 Å². The number of rotatable bonds is 1. The van der Waals surface area contributed by atoms with Crippen molar-refractivity contribution in [3.05, 3.63) is 34.9 Å². The van der Waals surface area contributed by atoms with E-state index in [4.69, 9.17) is 17.3 Å². The normalized spacial score (nSPS) is 21.8. The van der Waals surface area contributed by atoms with E-state index in [1.807, 2.05) is 0 Å². The zero-order valence-electron chi connectivity index (χ0n) is 11.5. The van der Waals surface area contributed by atoms with Crippen LogP contribution >= 0.6 is 11.6 Å². The first kappa shape index (κ1) is 13.4. The second-order valence-corrected chi connectivity index (χ2v) is 6.06. The van der Waals surface area contributed by atoms with Gasteiger partial charge in [0.2, 0.25) is 0 Å². The zero-order valence-corrected chi connectivity index (χ0v) is 12.3. The molecule has 0 radical (unpaired) electrons. The standard InChI is InChI=1S/C15H17ClFN3/c1-8-5-9(2)20-13(6-8)19-14(15(20)18)10-3-4-12(17)11(16)7-10/h3-4,7-9H,5-6,18H2,1-2H3. The van der Waals surface area contributed by atoms with Crippen LogP contribution < -0.4 is 5.73 Å². The van der Waals surface area contributed by atoms with E-state index in [1.165, 1.54) is 6.07 Å². The third-order valence-corrected chi connectivity index (χ3v) is 4.22. The monoisotopic (exact) mass is 293 g/mol. The van der Waals surface area contributed by atoms with Gasteiger partial charge in [-0.05, 0) is 37.5 Å². The van der Waals surface area contributed by atoms with Crippen molar-refractivity contribution < 1.29 is 4.39 Å². The largest absolute Gasteiger partial charge is 0.383 e. The number of fused-ring (bicyclic) bond motifs is 1. The molecule has 1 aromatic carbocycles. The van der Waals surface area contributed by atoms with E-state index in [-0.39, 0.29) is 5.02 Å². The van der Waals surface area contributed by atoms with Gasteiger partial charge < -0.3 is 10.3 Å². The Kier molecular flexibility index (Phi) is 3.21. The fraction of sp³-hybridized carbons (Fsp3) is 0.400. The van der Waals surface area contributed by atoms with Crippen molar-refractivity contribution in [2.45, 2.75) is 32.7 Å². The summed E-state index contributed by atoms with van der Waals surface area (Å²) in [6, 6.07) is 4.93. The lowest BCUT2D eigenvalue weighted by Crippen LogP contribution is -2.22. The third kappa shape index (κ3) is 2.08. The molecule has 0 aliphatic carbocycles. The minimum Gasteiger partial charge on any atom is -0.383 e. The number of hydrogen-bond acceptors (Lipinski definition) is 2. The summed E-state index contributed by atoms with van der Waals surface area (Å²) in [6.07, 6.45) is 2.01. The Hall–Kier alpha value is -1.55. The van der Waals surface area contributed by atoms with Crippen molar-refractivity contribution in [3.63, 3.8) is 0 Å². The average molecular weight is 294 g/mol. The SMILES string of the molecule is CC1Cc2nc(-c3ccc(F)c(Cl)c3)c(N)n2C(C)C1. The molecule has 0 bridgehead atoms. The second kappa shape index (κ2) is 4.77. The van der Waals surface area contributed by atoms with Crippen LogP contribution in [0.2, 0.25) is 5.02 Å². The van der Waals surface area contributed by atoms with Crippen LogP contribution in [0.3, 0.4) is 0 Å². The number of aromatic nitrogens is 2. The van der Waals surface area contributed by atoms with E-state index in [1.54, 1.807) is 12.1 Å². The molecule has 1 aromatic heterocycles. The lowest BCUT2D eigenvalue weighted by Gasteiger charge is -2.27. The first-order valence-corrected chi connectivity index (χ1v) is 7.17. The quantitative estimate of drug-likeness (QED) is 0.861. The fourth-order valence-electron chi connectivity index (χ4n) is 3.07. The Balaban J connectivity index is 2.11. The van der Waals surface area contributed by atoms with Crippen LogP contribution in [0.4, 0.5) is 10.2 Å². The maximum atomic E-state index is 13.3. The molecular formula is C15H17ClFN3. The number of imidazole rings is 1. The molecule has 0 amide bonds. The molecule has 106 valence electrons. The highest BCUT2D eigenvalue weighted by Gasteiger charge is 2.26. The molecule has 0 fully saturated rings. The molecule has 2 N–H and O–H groups in total. The molecule has 1 aliphatic rings. The van der Waals surface area contributed by atoms with Crippen LogP contribution in [0.15, 0.2) is 18.2 Å². The Morgan fingerprint density at radius 3 is 2.85 bits per heavy atom. The van der Waals surface area contributed by atoms with Gasteiger partial charge in [0.1, 0.15) is 23.2 Å². The highest BCUT2D eigenvalue weighted by atomic mass is 35.5. The van der Waals surface area contributed by atoms with Gasteiger partial charge in [0.05, 0.1) is 5.02 Å². The fourth-order valence-corrected chi connectivity index (χ4v) is 3.25. The number of nitrogen functional groups attached to an aromatic ring is 1. The molecule has 2 aromatic rings. The Labute approximate surface area is 122 Å². The smallest absolute Gasteiger partial charge is 0.141 e. The summed E-state index contributed by atoms with van der Waals surface area (Å²) in [4.78, 5) is 4.65. The van der Waals surface area contributed by atoms with Gasteiger partial charge in [0, 0.05) is 18.0 Å². The Morgan fingerprint density at radius 1 is 1.40 bits per heavy atom. The van der Waals surface area contributed by atoms with Gasteiger partial charge in [0.15, 0.2) is 0 Å². The first-order chi connectivity index (χ1) is 9.47. The molecule has 1 aliphatic heterocycles. The van der Waals surface area contributed by atoms with E-state index in [9.17, 15) is 4.39 Å². The molecule has 2 atom stereocenters. The highest BCUT2D eigenvalue weighted by Crippen LogP contribution is 2.36. The number of anilines is 1. The predicted molar refractivity (Wildman–Crippen MR) is 79.2 cm³/mol. The highest BCUT2D eigenvalue weighted by molar-refractivity contribution is 6.31. The van der Waals surface area contributed by atoms with Gasteiger partial charge in [-0.2, -0.15) is 0 Å². The number of benzene rings is 1. The molecule has 2 unspecified atom stereocenters. The molecule has 0 spiro atoms. The van der Waals surface area contributed by atoms with Crippen LogP contribution in [-0.4, -0.2) is 9.55 Å². The van der Waals surface area contributed by atoms with Gasteiger partial charge in [-0.3, -0.25) is 0 Å². The molecule has 2 heterocycles. The number of halogens is 2. The molecule has 0 saturated carbocycles. The van der Waals surface area contributed by atoms with Crippen LogP contribution in [0.25, 0.3) is 11.3 Å². The summed E-state index contributed by atoms with van der Waals surface area (Å²) >= 11 is 5.84. The van der Waals surface area contributed by atoms with Crippen molar-refractivity contribution in [2.75, 3.05) is 5.73 Å². The number of nitrogens with two attached hydrogens (primary N) is 1. The van der Waals surface area contributed by atoms with Crippen molar-refractivity contribution >= 4 is 17.4 Å². The second-order valence-electron chi connectivity index (χ2n) is 5.65. The van der Waals surface area contributed by atoms with Crippen LogP contribution in [-0.2, 0) is 6.42 Å². The molecule has 20 heavy (non-hydrogen) atoms. The summed E-state index contributed by atoms with van der Waals surface area (Å²) in [5.41, 5.74) is 7.70. The first-order valence-electron chi connectivity index (χ1n) is 6.79. The lowest BCUT2D eigenvalue weighted by atomic mass is 9.95. The van der Waals surface area contributed by atoms with E-state index in [2.05, 4.69) is 23.4 Å². The number of hydrogen-bond donors (Lipinski definition) is 1. The predicted octanol–water partition coefficient (Wildman–Crippen LogP) is 4.07. The number of nitrogens with zero attached hydrogens (tertiary/aromatic N) is 2. The molecule has 0 saturated heterocycles. The minimum absolute atomic E-state index is 0.0919. The summed E-state index contributed by atoms with van der Waals surface area (Å²) in [6.45, 7) is 4.37. The summed E-state index contributed by atoms with van der Waals surface area (Å²) in [7, 11) is 0. The van der Waals surface area contributed by atoms with E-state index < -0.39 is 5.82 Å². The van der Waals surface area contributed by atoms with Gasteiger partial charge in [0.25, 0.3) is 0 Å². The van der Waals surface area contributed by atoms with Crippen LogP contribution in [0.5, 0.6) is 0 Å². The molecular weight excluding hydrogens is 277 g/mol. The Morgan fingerprint density at radius 2 is 2.15 bits per heavy atom. The van der Waals surface area contributed by atoms with Gasteiger partial charge in [-0.15, -0.1) is 0 Å². The Bertz CT molecular complexity index is 665. The minimum atomic E-state index is -0.431.